The number of hydrogen-bond donors (Lipinski definition) is 1. The van der Waals surface area contributed by atoms with Crippen LogP contribution < -0.4 is 5.32 Å². The van der Waals surface area contributed by atoms with Crippen molar-refractivity contribution in [1.82, 2.24) is 15.2 Å². The van der Waals surface area contributed by atoms with Crippen molar-refractivity contribution >= 4 is 5.91 Å². The van der Waals surface area contributed by atoms with Gasteiger partial charge in [-0.15, -0.1) is 0 Å². The molecule has 0 radical (unpaired) electrons. The van der Waals surface area contributed by atoms with Crippen LogP contribution in [0.4, 0.5) is 0 Å². The lowest BCUT2D eigenvalue weighted by Gasteiger charge is -2.10. The molecule has 100 valence electrons. The summed E-state index contributed by atoms with van der Waals surface area (Å²) in [6.07, 6.45) is 2.20. The van der Waals surface area contributed by atoms with Crippen molar-refractivity contribution < 1.29 is 4.79 Å². The molecule has 0 spiro atoms. The van der Waals surface area contributed by atoms with Gasteiger partial charge in [0.1, 0.15) is 17.5 Å². The van der Waals surface area contributed by atoms with Gasteiger partial charge in [-0.3, -0.25) is 4.79 Å². The van der Waals surface area contributed by atoms with E-state index in [1.54, 1.807) is 18.2 Å². The van der Waals surface area contributed by atoms with Crippen molar-refractivity contribution in [3.8, 4) is 6.07 Å². The van der Waals surface area contributed by atoms with Gasteiger partial charge in [0.05, 0.1) is 0 Å². The summed E-state index contributed by atoms with van der Waals surface area (Å²) in [6, 6.07) is 6.82. The van der Waals surface area contributed by atoms with Crippen molar-refractivity contribution in [1.29, 1.82) is 5.26 Å². The molecule has 1 fully saturated rings. The Morgan fingerprint density at radius 1 is 1.63 bits per heavy atom. The van der Waals surface area contributed by atoms with Gasteiger partial charge in [-0.25, -0.2) is 4.98 Å². The van der Waals surface area contributed by atoms with E-state index in [1.165, 1.54) is 6.42 Å². The van der Waals surface area contributed by atoms with Crippen LogP contribution in [-0.2, 0) is 0 Å². The van der Waals surface area contributed by atoms with E-state index in [4.69, 9.17) is 5.26 Å². The molecular weight excluding hydrogens is 240 g/mol. The lowest BCUT2D eigenvalue weighted by molar-refractivity contribution is 0.0946. The largest absolute Gasteiger partial charge is 0.351 e. The second-order valence-corrected chi connectivity index (χ2v) is 4.98. The molecule has 1 aromatic rings. The highest BCUT2D eigenvalue weighted by Gasteiger charge is 2.19. The Morgan fingerprint density at radius 2 is 2.47 bits per heavy atom. The minimum atomic E-state index is -0.205. The SMILES string of the molecule is CN1CCC(CCNC(=O)c2cccc(C#N)n2)C1. The highest BCUT2D eigenvalue weighted by molar-refractivity contribution is 5.92. The molecule has 0 aromatic carbocycles. The predicted molar refractivity (Wildman–Crippen MR) is 71.5 cm³/mol. The maximum atomic E-state index is 11.9. The van der Waals surface area contributed by atoms with Crippen LogP contribution in [0.1, 0.15) is 29.0 Å². The zero-order valence-corrected chi connectivity index (χ0v) is 11.1. The number of hydrogen-bond acceptors (Lipinski definition) is 4. The zero-order valence-electron chi connectivity index (χ0n) is 11.1. The molecule has 2 rings (SSSR count). The first-order chi connectivity index (χ1) is 9.19. The Balaban J connectivity index is 1.79. The number of carbonyl (C=O) groups excluding carboxylic acids is 1. The summed E-state index contributed by atoms with van der Waals surface area (Å²) in [5.41, 5.74) is 0.577. The van der Waals surface area contributed by atoms with Crippen LogP contribution in [0.25, 0.3) is 0 Å². The lowest BCUT2D eigenvalue weighted by Crippen LogP contribution is -2.27. The van der Waals surface area contributed by atoms with E-state index < -0.39 is 0 Å². The van der Waals surface area contributed by atoms with Crippen LogP contribution in [0, 0.1) is 17.2 Å². The fourth-order valence-electron chi connectivity index (χ4n) is 2.37. The second-order valence-electron chi connectivity index (χ2n) is 4.98. The smallest absolute Gasteiger partial charge is 0.269 e. The van der Waals surface area contributed by atoms with Gasteiger partial charge in [-0.2, -0.15) is 5.26 Å². The third-order valence-electron chi connectivity index (χ3n) is 3.42. The molecule has 1 atom stereocenters. The number of nitrogens with zero attached hydrogens (tertiary/aromatic N) is 3. The Labute approximate surface area is 113 Å². The minimum absolute atomic E-state index is 0.205. The average Bonchev–Trinajstić information content (AvgIpc) is 2.84. The molecule has 1 aromatic heterocycles. The van der Waals surface area contributed by atoms with Crippen molar-refractivity contribution in [3.63, 3.8) is 0 Å². The Hall–Kier alpha value is -1.93. The Morgan fingerprint density at radius 3 is 3.16 bits per heavy atom. The van der Waals surface area contributed by atoms with Crippen LogP contribution in [0.2, 0.25) is 0 Å². The molecule has 1 N–H and O–H groups in total. The van der Waals surface area contributed by atoms with Gasteiger partial charge in [0.2, 0.25) is 0 Å². The number of nitrogens with one attached hydrogen (secondary N) is 1. The molecule has 5 nitrogen and oxygen atoms in total. The first-order valence-electron chi connectivity index (χ1n) is 6.53. The van der Waals surface area contributed by atoms with Gasteiger partial charge in [-0.05, 0) is 44.5 Å². The lowest BCUT2D eigenvalue weighted by atomic mass is 10.1. The highest BCUT2D eigenvalue weighted by atomic mass is 16.1. The zero-order chi connectivity index (χ0) is 13.7. The van der Waals surface area contributed by atoms with Crippen molar-refractivity contribution in [2.24, 2.45) is 5.92 Å². The number of pyridine rings is 1. The summed E-state index contributed by atoms with van der Waals surface area (Å²) >= 11 is 0. The van der Waals surface area contributed by atoms with Crippen LogP contribution in [0.3, 0.4) is 0 Å². The molecule has 2 heterocycles. The van der Waals surface area contributed by atoms with Crippen LogP contribution >= 0.6 is 0 Å². The van der Waals surface area contributed by atoms with Crippen molar-refractivity contribution in [2.75, 3.05) is 26.7 Å². The van der Waals surface area contributed by atoms with Crippen LogP contribution in [0.15, 0.2) is 18.2 Å². The fraction of sp³-hybridized carbons (Fsp3) is 0.500. The molecular formula is C14H18N4O. The molecule has 5 heteroatoms. The standard InChI is InChI=1S/C14H18N4O/c1-18-8-6-11(10-18)5-7-16-14(19)13-4-2-3-12(9-15)17-13/h2-4,11H,5-8,10H2,1H3,(H,16,19). The monoisotopic (exact) mass is 258 g/mol. The van der Waals surface area contributed by atoms with Gasteiger partial charge in [0.15, 0.2) is 0 Å². The van der Waals surface area contributed by atoms with E-state index in [0.717, 1.165) is 19.5 Å². The quantitative estimate of drug-likeness (QED) is 0.875. The van der Waals surface area contributed by atoms with Crippen LogP contribution in [-0.4, -0.2) is 42.5 Å². The first kappa shape index (κ1) is 13.5. The first-order valence-corrected chi connectivity index (χ1v) is 6.53. The normalized spacial score (nSPS) is 19.1. The molecule has 1 saturated heterocycles. The van der Waals surface area contributed by atoms with Gasteiger partial charge in [0, 0.05) is 13.1 Å². The van der Waals surface area contributed by atoms with Crippen LogP contribution in [0.5, 0.6) is 0 Å². The molecule has 0 bridgehead atoms. The highest BCUT2D eigenvalue weighted by Crippen LogP contribution is 2.16. The number of carbonyl (C=O) groups is 1. The Kier molecular flexibility index (Phi) is 4.48. The summed E-state index contributed by atoms with van der Waals surface area (Å²) in [5, 5.41) is 11.6. The summed E-state index contributed by atoms with van der Waals surface area (Å²) in [5.74, 6) is 0.465. The number of rotatable bonds is 4. The third kappa shape index (κ3) is 3.76. The maximum absolute atomic E-state index is 11.9. The predicted octanol–water partition coefficient (Wildman–Crippen LogP) is 1.02. The van der Waals surface area contributed by atoms with Gasteiger partial charge >= 0.3 is 0 Å². The number of aromatic nitrogens is 1. The van der Waals surface area contributed by atoms with Crippen molar-refractivity contribution in [2.45, 2.75) is 12.8 Å². The topological polar surface area (TPSA) is 69.0 Å². The Bertz CT molecular complexity index is 494. The number of amides is 1. The van der Waals surface area contributed by atoms with E-state index in [2.05, 4.69) is 22.2 Å². The number of nitriles is 1. The summed E-state index contributed by atoms with van der Waals surface area (Å²) < 4.78 is 0. The third-order valence-corrected chi connectivity index (χ3v) is 3.42. The molecule has 0 aliphatic carbocycles. The van der Waals surface area contributed by atoms with E-state index in [0.29, 0.717) is 18.2 Å². The van der Waals surface area contributed by atoms with E-state index in [1.807, 2.05) is 6.07 Å². The van der Waals surface area contributed by atoms with Gasteiger partial charge < -0.3 is 10.2 Å². The number of likely N-dealkylation sites (tertiary alicyclic amines) is 1. The average molecular weight is 258 g/mol. The summed E-state index contributed by atoms with van der Waals surface area (Å²) in [7, 11) is 2.12. The maximum Gasteiger partial charge on any atom is 0.269 e. The van der Waals surface area contributed by atoms with Gasteiger partial charge in [-0.1, -0.05) is 6.07 Å². The van der Waals surface area contributed by atoms with Gasteiger partial charge in [0.25, 0.3) is 5.91 Å². The minimum Gasteiger partial charge on any atom is -0.351 e. The fourth-order valence-corrected chi connectivity index (χ4v) is 2.37. The van der Waals surface area contributed by atoms with E-state index in [-0.39, 0.29) is 11.6 Å². The summed E-state index contributed by atoms with van der Waals surface area (Å²) in [4.78, 5) is 18.1. The van der Waals surface area contributed by atoms with Crippen molar-refractivity contribution in [3.05, 3.63) is 29.6 Å². The molecule has 1 aliphatic rings. The molecule has 1 amide bonds. The summed E-state index contributed by atoms with van der Waals surface area (Å²) in [6.45, 7) is 2.91. The molecule has 1 aliphatic heterocycles. The van der Waals surface area contributed by atoms with E-state index in [9.17, 15) is 4.79 Å². The van der Waals surface area contributed by atoms with E-state index >= 15 is 0 Å². The molecule has 19 heavy (non-hydrogen) atoms. The molecule has 1 unspecified atom stereocenters. The molecule has 0 saturated carbocycles. The second kappa shape index (κ2) is 6.30.